The molecule has 120 valence electrons. The zero-order chi connectivity index (χ0) is 16.7. The number of rotatable bonds is 4. The van der Waals surface area contributed by atoms with E-state index >= 15 is 0 Å². The van der Waals surface area contributed by atoms with Crippen LogP contribution in [0.25, 0.3) is 0 Å². The number of carboxylic acids is 1. The molecule has 1 aromatic heterocycles. The molecule has 1 aliphatic rings. The van der Waals surface area contributed by atoms with E-state index in [2.05, 4.69) is 0 Å². The maximum Gasteiger partial charge on any atom is 0.525 e. The van der Waals surface area contributed by atoms with Crippen LogP contribution < -0.4 is 0 Å². The highest BCUT2D eigenvalue weighted by atomic mass is 19.1. The summed E-state index contributed by atoms with van der Waals surface area (Å²) in [5, 5.41) is 8.89. The van der Waals surface area contributed by atoms with Gasteiger partial charge in [-0.05, 0) is 46.3 Å². The maximum absolute atomic E-state index is 14.5. The Bertz CT molecular complexity index is 605. The maximum atomic E-state index is 14.5. The summed E-state index contributed by atoms with van der Waals surface area (Å²) in [6.07, 6.45) is 3.06. The van der Waals surface area contributed by atoms with Crippen LogP contribution in [-0.4, -0.2) is 34.0 Å². The van der Waals surface area contributed by atoms with Gasteiger partial charge in [-0.15, -0.1) is 0 Å². The van der Waals surface area contributed by atoms with E-state index in [9.17, 15) is 9.18 Å². The second kappa shape index (κ2) is 5.55. The average molecular weight is 309 g/mol. The van der Waals surface area contributed by atoms with Gasteiger partial charge in [0, 0.05) is 18.9 Å². The van der Waals surface area contributed by atoms with E-state index in [1.54, 1.807) is 17.7 Å². The Hall–Kier alpha value is -1.60. The summed E-state index contributed by atoms with van der Waals surface area (Å²) in [5.41, 5.74) is -1.06. The normalized spacial score (nSPS) is 20.9. The molecule has 1 fully saturated rings. The summed E-state index contributed by atoms with van der Waals surface area (Å²) in [5.74, 6) is -1.01. The number of carboxylic acid groups (broad SMARTS) is 1. The van der Waals surface area contributed by atoms with Gasteiger partial charge < -0.3 is 19.0 Å². The number of hydrogen-bond acceptors (Lipinski definition) is 3. The minimum absolute atomic E-state index is 0.170. The van der Waals surface area contributed by atoms with Crippen LogP contribution in [0, 0.1) is 0 Å². The lowest BCUT2D eigenvalue weighted by molar-refractivity contribution is 0.00578. The van der Waals surface area contributed by atoms with Crippen LogP contribution in [0.4, 0.5) is 4.39 Å². The third kappa shape index (κ3) is 3.10. The van der Waals surface area contributed by atoms with Crippen molar-refractivity contribution in [3.63, 3.8) is 0 Å². The Morgan fingerprint density at radius 3 is 2.32 bits per heavy atom. The first kappa shape index (κ1) is 16.8. The van der Waals surface area contributed by atoms with E-state index < -0.39 is 30.0 Å². The van der Waals surface area contributed by atoms with Gasteiger partial charge in [-0.3, -0.25) is 0 Å². The highest BCUT2D eigenvalue weighted by Gasteiger charge is 2.53. The molecule has 0 unspecified atom stereocenters. The fourth-order valence-corrected chi connectivity index (χ4v) is 2.16. The van der Waals surface area contributed by atoms with Crippen LogP contribution in [0.5, 0.6) is 0 Å². The van der Waals surface area contributed by atoms with Crippen molar-refractivity contribution in [1.29, 1.82) is 0 Å². The molecule has 0 bridgehead atoms. The van der Waals surface area contributed by atoms with Crippen molar-refractivity contribution < 1.29 is 23.6 Å². The van der Waals surface area contributed by atoms with Gasteiger partial charge in [-0.2, -0.15) is 0 Å². The summed E-state index contributed by atoms with van der Waals surface area (Å²) in [6, 6.07) is 1.47. The standard InChI is InChI=1S/C15H21BFNO4/c1-10(8-18-7-6-11(9-18)13(19)20)12(17)16-21-14(2,3)15(4,5)22-16/h6-7,9H,8H2,1-5H3,(H,19,20). The van der Waals surface area contributed by atoms with Crippen LogP contribution >= 0.6 is 0 Å². The molecule has 0 saturated carbocycles. The van der Waals surface area contributed by atoms with Gasteiger partial charge in [0.2, 0.25) is 0 Å². The summed E-state index contributed by atoms with van der Waals surface area (Å²) < 4.78 is 27.5. The van der Waals surface area contributed by atoms with Gasteiger partial charge in [0.15, 0.2) is 0 Å². The Kier molecular flexibility index (Phi) is 4.23. The molecule has 1 saturated heterocycles. The first-order valence-corrected chi connectivity index (χ1v) is 7.13. The molecule has 0 aliphatic carbocycles. The lowest BCUT2D eigenvalue weighted by atomic mass is 9.85. The molecule has 0 atom stereocenters. The smallest absolute Gasteiger partial charge is 0.478 e. The second-order valence-electron chi connectivity index (χ2n) is 6.59. The summed E-state index contributed by atoms with van der Waals surface area (Å²) in [4.78, 5) is 10.8. The summed E-state index contributed by atoms with van der Waals surface area (Å²) in [7, 11) is -1.03. The largest absolute Gasteiger partial charge is 0.525 e. The Morgan fingerprint density at radius 1 is 1.32 bits per heavy atom. The van der Waals surface area contributed by atoms with Gasteiger partial charge >= 0.3 is 13.1 Å². The molecule has 2 rings (SSSR count). The lowest BCUT2D eigenvalue weighted by Crippen LogP contribution is -2.41. The summed E-state index contributed by atoms with van der Waals surface area (Å²) in [6.45, 7) is 9.33. The predicted octanol–water partition coefficient (Wildman–Crippen LogP) is 3.06. The Balaban J connectivity index is 2.14. The Labute approximate surface area is 129 Å². The van der Waals surface area contributed by atoms with Crippen LogP contribution in [0.15, 0.2) is 29.8 Å². The van der Waals surface area contributed by atoms with Crippen molar-refractivity contribution >= 4 is 13.1 Å². The summed E-state index contributed by atoms with van der Waals surface area (Å²) >= 11 is 0. The SMILES string of the molecule is CC(Cn1ccc(C(=O)O)c1)=C(F)B1OC(C)(C)C(C)(C)O1. The van der Waals surface area contributed by atoms with Gasteiger partial charge in [0.25, 0.3) is 0 Å². The van der Waals surface area contributed by atoms with Crippen molar-refractivity contribution in [1.82, 2.24) is 4.57 Å². The molecule has 1 N–H and O–H groups in total. The van der Waals surface area contributed by atoms with Gasteiger partial charge in [0.1, 0.15) is 5.73 Å². The number of halogens is 1. The van der Waals surface area contributed by atoms with E-state index in [4.69, 9.17) is 14.4 Å². The Morgan fingerprint density at radius 2 is 1.86 bits per heavy atom. The lowest BCUT2D eigenvalue weighted by Gasteiger charge is -2.32. The third-order valence-corrected chi connectivity index (χ3v) is 4.29. The third-order valence-electron chi connectivity index (χ3n) is 4.29. The van der Waals surface area contributed by atoms with Crippen LogP contribution in [0.2, 0.25) is 0 Å². The zero-order valence-electron chi connectivity index (χ0n) is 13.5. The molecule has 0 radical (unpaired) electrons. The number of aromatic carboxylic acids is 1. The molecule has 1 aromatic rings. The molecule has 0 amide bonds. The zero-order valence-corrected chi connectivity index (χ0v) is 13.5. The number of nitrogens with zero attached hydrogens (tertiary/aromatic N) is 1. The fourth-order valence-electron chi connectivity index (χ4n) is 2.16. The van der Waals surface area contributed by atoms with Crippen molar-refractivity contribution in [2.24, 2.45) is 0 Å². The molecule has 22 heavy (non-hydrogen) atoms. The topological polar surface area (TPSA) is 60.7 Å². The quantitative estimate of drug-likeness (QED) is 0.868. The predicted molar refractivity (Wildman–Crippen MR) is 81.3 cm³/mol. The molecular formula is C15H21BFNO4. The van der Waals surface area contributed by atoms with Crippen LogP contribution in [0.1, 0.15) is 45.0 Å². The number of hydrogen-bond donors (Lipinski definition) is 1. The highest BCUT2D eigenvalue weighted by Crippen LogP contribution is 2.39. The van der Waals surface area contributed by atoms with Crippen LogP contribution in [0.3, 0.4) is 0 Å². The molecular weight excluding hydrogens is 288 g/mol. The first-order chi connectivity index (χ1) is 10.0. The first-order valence-electron chi connectivity index (χ1n) is 7.13. The van der Waals surface area contributed by atoms with Gasteiger partial charge in [-0.1, -0.05) is 0 Å². The molecule has 7 heteroatoms. The minimum atomic E-state index is -1.03. The van der Waals surface area contributed by atoms with Gasteiger partial charge in [-0.25, -0.2) is 9.18 Å². The van der Waals surface area contributed by atoms with Crippen LogP contribution in [-0.2, 0) is 15.9 Å². The van der Waals surface area contributed by atoms with Crippen molar-refractivity contribution in [2.75, 3.05) is 0 Å². The molecule has 1 aliphatic heterocycles. The van der Waals surface area contributed by atoms with Crippen molar-refractivity contribution in [3.05, 3.63) is 35.3 Å². The van der Waals surface area contributed by atoms with Gasteiger partial charge in [0.05, 0.1) is 16.8 Å². The molecule has 5 nitrogen and oxygen atoms in total. The monoisotopic (exact) mass is 309 g/mol. The fraction of sp³-hybridized carbons (Fsp3) is 0.533. The van der Waals surface area contributed by atoms with E-state index in [-0.39, 0.29) is 12.1 Å². The van der Waals surface area contributed by atoms with E-state index in [0.717, 1.165) is 0 Å². The van der Waals surface area contributed by atoms with Crippen molar-refractivity contribution in [3.8, 4) is 0 Å². The average Bonchev–Trinajstić information content (AvgIpc) is 2.92. The van der Waals surface area contributed by atoms with E-state index in [1.165, 1.54) is 12.3 Å². The second-order valence-corrected chi connectivity index (χ2v) is 6.59. The molecule has 0 spiro atoms. The molecule has 0 aromatic carbocycles. The van der Waals surface area contributed by atoms with Crippen molar-refractivity contribution in [2.45, 2.75) is 52.4 Å². The molecule has 2 heterocycles. The minimum Gasteiger partial charge on any atom is -0.478 e. The van der Waals surface area contributed by atoms with E-state index in [0.29, 0.717) is 5.57 Å². The highest BCUT2D eigenvalue weighted by molar-refractivity contribution is 6.53. The number of aromatic nitrogens is 1. The van der Waals surface area contributed by atoms with E-state index in [1.807, 2.05) is 27.7 Å². The number of carbonyl (C=O) groups is 1. The number of allylic oxidation sites excluding steroid dienone is 1.